The maximum absolute atomic E-state index is 10.5. The minimum atomic E-state index is 0.257. The number of phenols is 1. The average Bonchev–Trinajstić information content (AvgIpc) is 3.26. The van der Waals surface area contributed by atoms with Crippen LogP contribution in [0.25, 0.3) is 11.0 Å². The molecule has 4 rings (SSSR count). The van der Waals surface area contributed by atoms with E-state index in [2.05, 4.69) is 9.55 Å². The van der Waals surface area contributed by atoms with Crippen molar-refractivity contribution in [3.63, 3.8) is 0 Å². The van der Waals surface area contributed by atoms with Crippen molar-refractivity contribution in [3.8, 4) is 11.5 Å². The Morgan fingerprint density at radius 3 is 2.61 bits per heavy atom. The smallest absolute Gasteiger partial charge is 0.122 e. The van der Waals surface area contributed by atoms with Gasteiger partial charge in [-0.15, -0.1) is 11.8 Å². The molecule has 2 aromatic carbocycles. The van der Waals surface area contributed by atoms with E-state index in [1.165, 1.54) is 0 Å². The number of rotatable bonds is 6. The number of aromatic nitrogens is 4. The molecule has 144 valence electrons. The SMILES string of the molecule is COc1ccc(SCc2nc3c(Cn4ccnc4C)c(O)ccc3n2C)cc1. The molecule has 0 amide bonds. The van der Waals surface area contributed by atoms with Crippen molar-refractivity contribution in [1.82, 2.24) is 19.1 Å². The normalized spacial score (nSPS) is 11.2. The average molecular weight is 395 g/mol. The number of fused-ring (bicyclic) bond motifs is 1. The number of imidazole rings is 2. The monoisotopic (exact) mass is 394 g/mol. The van der Waals surface area contributed by atoms with Crippen LogP contribution in [0.3, 0.4) is 0 Å². The lowest BCUT2D eigenvalue weighted by atomic mass is 10.1. The molecular formula is C21H22N4O2S. The van der Waals surface area contributed by atoms with Crippen molar-refractivity contribution in [2.75, 3.05) is 7.11 Å². The minimum Gasteiger partial charge on any atom is -0.508 e. The van der Waals surface area contributed by atoms with Crippen molar-refractivity contribution in [1.29, 1.82) is 0 Å². The molecule has 0 atom stereocenters. The molecule has 0 saturated carbocycles. The van der Waals surface area contributed by atoms with Crippen molar-refractivity contribution >= 4 is 22.8 Å². The number of ether oxygens (including phenoxy) is 1. The van der Waals surface area contributed by atoms with Crippen LogP contribution in [0.15, 0.2) is 53.7 Å². The fraction of sp³-hybridized carbons (Fsp3) is 0.238. The summed E-state index contributed by atoms with van der Waals surface area (Å²) in [4.78, 5) is 10.3. The molecule has 0 aliphatic heterocycles. The van der Waals surface area contributed by atoms with E-state index < -0.39 is 0 Å². The Bertz CT molecular complexity index is 1120. The second-order valence-corrected chi connectivity index (χ2v) is 7.63. The van der Waals surface area contributed by atoms with Gasteiger partial charge in [0.25, 0.3) is 0 Å². The zero-order valence-corrected chi connectivity index (χ0v) is 16.9. The van der Waals surface area contributed by atoms with Gasteiger partial charge in [0, 0.05) is 29.9 Å². The predicted octanol–water partition coefficient (Wildman–Crippen LogP) is 4.13. The van der Waals surface area contributed by atoms with Crippen molar-refractivity contribution in [3.05, 3.63) is 66.0 Å². The van der Waals surface area contributed by atoms with Gasteiger partial charge in [-0.05, 0) is 43.3 Å². The third kappa shape index (κ3) is 3.45. The van der Waals surface area contributed by atoms with Gasteiger partial charge in [-0.2, -0.15) is 0 Å². The first kappa shape index (κ1) is 18.4. The molecule has 0 unspecified atom stereocenters. The Labute approximate surface area is 167 Å². The van der Waals surface area contributed by atoms with Gasteiger partial charge >= 0.3 is 0 Å². The van der Waals surface area contributed by atoms with E-state index in [4.69, 9.17) is 9.72 Å². The van der Waals surface area contributed by atoms with Gasteiger partial charge < -0.3 is 19.0 Å². The van der Waals surface area contributed by atoms with Gasteiger partial charge in [-0.25, -0.2) is 9.97 Å². The molecule has 4 aromatic rings. The first-order chi connectivity index (χ1) is 13.6. The lowest BCUT2D eigenvalue weighted by Gasteiger charge is -2.08. The molecule has 0 spiro atoms. The van der Waals surface area contributed by atoms with Crippen LogP contribution < -0.4 is 4.74 Å². The lowest BCUT2D eigenvalue weighted by molar-refractivity contribution is 0.414. The molecule has 0 aliphatic carbocycles. The van der Waals surface area contributed by atoms with E-state index >= 15 is 0 Å². The van der Waals surface area contributed by atoms with Gasteiger partial charge in [0.05, 0.1) is 30.4 Å². The lowest BCUT2D eigenvalue weighted by Crippen LogP contribution is -2.02. The van der Waals surface area contributed by atoms with Crippen molar-refractivity contribution in [2.45, 2.75) is 24.1 Å². The molecule has 2 heterocycles. The Balaban J connectivity index is 1.63. The molecule has 1 N–H and O–H groups in total. The number of thioether (sulfide) groups is 1. The van der Waals surface area contributed by atoms with E-state index in [0.29, 0.717) is 6.54 Å². The number of aromatic hydroxyl groups is 1. The second-order valence-electron chi connectivity index (χ2n) is 6.58. The Kier molecular flexibility index (Phi) is 5.00. The zero-order chi connectivity index (χ0) is 19.7. The summed E-state index contributed by atoms with van der Waals surface area (Å²) in [5, 5.41) is 10.5. The summed E-state index contributed by atoms with van der Waals surface area (Å²) < 4.78 is 9.31. The fourth-order valence-corrected chi connectivity index (χ4v) is 4.08. The zero-order valence-electron chi connectivity index (χ0n) is 16.1. The number of nitrogens with zero attached hydrogens (tertiary/aromatic N) is 4. The van der Waals surface area contributed by atoms with Crippen LogP contribution in [0.5, 0.6) is 11.5 Å². The highest BCUT2D eigenvalue weighted by Crippen LogP contribution is 2.31. The van der Waals surface area contributed by atoms with E-state index in [1.807, 2.05) is 55.1 Å². The maximum atomic E-state index is 10.5. The highest BCUT2D eigenvalue weighted by atomic mass is 32.2. The van der Waals surface area contributed by atoms with Gasteiger partial charge in [-0.1, -0.05) is 0 Å². The number of phenolic OH excluding ortho intramolecular Hbond substituents is 1. The first-order valence-electron chi connectivity index (χ1n) is 8.97. The Hall–Kier alpha value is -2.93. The third-order valence-corrected chi connectivity index (χ3v) is 5.91. The van der Waals surface area contributed by atoms with Crippen LogP contribution in [0.1, 0.15) is 17.2 Å². The van der Waals surface area contributed by atoms with Crippen molar-refractivity contribution in [2.24, 2.45) is 7.05 Å². The molecular weight excluding hydrogens is 372 g/mol. The molecule has 6 nitrogen and oxygen atoms in total. The maximum Gasteiger partial charge on any atom is 0.122 e. The standard InChI is InChI=1S/C21H22N4O2S/c1-14-22-10-11-25(14)12-17-19(26)9-8-18-21(17)23-20(24(18)2)13-28-16-6-4-15(27-3)5-7-16/h4-11,26H,12-13H2,1-3H3. The summed E-state index contributed by atoms with van der Waals surface area (Å²) in [7, 11) is 3.68. The van der Waals surface area contributed by atoms with Gasteiger partial charge in [0.2, 0.25) is 0 Å². The highest BCUT2D eigenvalue weighted by Gasteiger charge is 2.16. The topological polar surface area (TPSA) is 65.1 Å². The van der Waals surface area contributed by atoms with E-state index in [-0.39, 0.29) is 5.75 Å². The van der Waals surface area contributed by atoms with Gasteiger partial charge in [-0.3, -0.25) is 0 Å². The molecule has 0 aliphatic rings. The van der Waals surface area contributed by atoms with Crippen LogP contribution in [0.2, 0.25) is 0 Å². The molecule has 0 saturated heterocycles. The Morgan fingerprint density at radius 2 is 1.93 bits per heavy atom. The molecule has 0 bridgehead atoms. The number of hydrogen-bond acceptors (Lipinski definition) is 5. The highest BCUT2D eigenvalue weighted by molar-refractivity contribution is 7.98. The van der Waals surface area contributed by atoms with E-state index in [1.54, 1.807) is 31.1 Å². The van der Waals surface area contributed by atoms with E-state index in [9.17, 15) is 5.11 Å². The number of methoxy groups -OCH3 is 1. The molecule has 0 fully saturated rings. The molecule has 0 radical (unpaired) electrons. The second kappa shape index (κ2) is 7.59. The van der Waals surface area contributed by atoms with Crippen molar-refractivity contribution < 1.29 is 9.84 Å². The fourth-order valence-electron chi connectivity index (χ4n) is 3.20. The predicted molar refractivity (Wildman–Crippen MR) is 111 cm³/mol. The largest absolute Gasteiger partial charge is 0.508 e. The summed E-state index contributed by atoms with van der Waals surface area (Å²) in [5.74, 6) is 3.71. The van der Waals surface area contributed by atoms with Crippen LogP contribution in [0, 0.1) is 6.92 Å². The summed E-state index contributed by atoms with van der Waals surface area (Å²) >= 11 is 1.72. The Morgan fingerprint density at radius 1 is 1.14 bits per heavy atom. The summed E-state index contributed by atoms with van der Waals surface area (Å²) in [6.07, 6.45) is 3.68. The quantitative estimate of drug-likeness (QED) is 0.498. The molecule has 7 heteroatoms. The van der Waals surface area contributed by atoms with Crippen LogP contribution >= 0.6 is 11.8 Å². The summed E-state index contributed by atoms with van der Waals surface area (Å²) in [5.41, 5.74) is 2.66. The number of aryl methyl sites for hydroxylation is 2. The van der Waals surface area contributed by atoms with E-state index in [0.717, 1.165) is 44.6 Å². The minimum absolute atomic E-state index is 0.257. The van der Waals surface area contributed by atoms with Crippen LogP contribution in [-0.4, -0.2) is 31.3 Å². The molecule has 28 heavy (non-hydrogen) atoms. The summed E-state index contributed by atoms with van der Waals surface area (Å²) in [6, 6.07) is 11.7. The summed E-state index contributed by atoms with van der Waals surface area (Å²) in [6.45, 7) is 2.49. The molecule has 2 aromatic heterocycles. The first-order valence-corrected chi connectivity index (χ1v) is 9.96. The third-order valence-electron chi connectivity index (χ3n) is 4.91. The van der Waals surface area contributed by atoms with Gasteiger partial charge in [0.15, 0.2) is 0 Å². The number of hydrogen-bond donors (Lipinski definition) is 1. The van der Waals surface area contributed by atoms with Crippen LogP contribution in [-0.2, 0) is 19.3 Å². The van der Waals surface area contributed by atoms with Crippen LogP contribution in [0.4, 0.5) is 0 Å². The van der Waals surface area contributed by atoms with Gasteiger partial charge in [0.1, 0.15) is 23.1 Å². The number of benzene rings is 2.